The largest absolute Gasteiger partial charge is 0.545 e. The molecule has 146 valence electrons. The summed E-state index contributed by atoms with van der Waals surface area (Å²) in [5.74, 6) is -3.94. The zero-order valence-corrected chi connectivity index (χ0v) is 15.5. The van der Waals surface area contributed by atoms with Crippen LogP contribution in [0, 0.1) is 5.41 Å². The molecule has 0 saturated heterocycles. The lowest BCUT2D eigenvalue weighted by atomic mass is 9.95. The molecule has 0 radical (unpaired) electrons. The van der Waals surface area contributed by atoms with Crippen LogP contribution in [0.4, 0.5) is 11.4 Å². The van der Waals surface area contributed by atoms with Crippen molar-refractivity contribution in [1.29, 1.82) is 0 Å². The van der Waals surface area contributed by atoms with Crippen LogP contribution in [0.25, 0.3) is 0 Å². The number of benzene rings is 2. The van der Waals surface area contributed by atoms with Gasteiger partial charge < -0.3 is 30.4 Å². The normalized spacial score (nSPS) is 10.8. The molecule has 0 aliphatic carbocycles. The highest BCUT2D eigenvalue weighted by molar-refractivity contribution is 6.06. The molecule has 2 aromatic carbocycles. The van der Waals surface area contributed by atoms with Crippen molar-refractivity contribution in [3.05, 3.63) is 59.2 Å². The Kier molecular flexibility index (Phi) is 5.83. The summed E-state index contributed by atoms with van der Waals surface area (Å²) >= 11 is 0. The third-order valence-corrected chi connectivity index (χ3v) is 3.75. The van der Waals surface area contributed by atoms with Gasteiger partial charge in [0, 0.05) is 22.4 Å². The second kappa shape index (κ2) is 7.91. The Labute approximate surface area is 161 Å². The summed E-state index contributed by atoms with van der Waals surface area (Å²) < 4.78 is 0. The van der Waals surface area contributed by atoms with Crippen molar-refractivity contribution in [1.82, 2.24) is 0 Å². The van der Waals surface area contributed by atoms with Gasteiger partial charge >= 0.3 is 0 Å². The average molecular weight is 382 g/mol. The average Bonchev–Trinajstić information content (AvgIpc) is 2.61. The zero-order valence-electron chi connectivity index (χ0n) is 15.5. The van der Waals surface area contributed by atoms with E-state index in [2.05, 4.69) is 10.6 Å². The molecule has 0 saturated carbocycles. The van der Waals surface area contributed by atoms with Crippen LogP contribution in [0.1, 0.15) is 51.8 Å². The van der Waals surface area contributed by atoms with Gasteiger partial charge in [-0.25, -0.2) is 0 Å². The Balaban J connectivity index is 2.18. The molecule has 8 nitrogen and oxygen atoms in total. The van der Waals surface area contributed by atoms with Crippen molar-refractivity contribution in [2.24, 2.45) is 5.41 Å². The van der Waals surface area contributed by atoms with E-state index in [1.807, 2.05) is 0 Å². The highest BCUT2D eigenvalue weighted by Crippen LogP contribution is 2.19. The molecular weight excluding hydrogens is 364 g/mol. The SMILES string of the molecule is CC(C)(C)C(=O)Nc1ccc(C(=O)Nc2cc(C(=O)[O-])cc(C(=O)[O-])c2)cc1. The Morgan fingerprint density at radius 3 is 1.64 bits per heavy atom. The van der Waals surface area contributed by atoms with Crippen LogP contribution in [0.5, 0.6) is 0 Å². The molecule has 0 aromatic heterocycles. The van der Waals surface area contributed by atoms with Gasteiger partial charge in [0.15, 0.2) is 0 Å². The summed E-state index contributed by atoms with van der Waals surface area (Å²) in [6, 6.07) is 9.07. The van der Waals surface area contributed by atoms with Gasteiger partial charge in [0.1, 0.15) is 0 Å². The fourth-order valence-electron chi connectivity index (χ4n) is 2.16. The first-order chi connectivity index (χ1) is 13.0. The van der Waals surface area contributed by atoms with E-state index in [0.717, 1.165) is 18.2 Å². The lowest BCUT2D eigenvalue weighted by Gasteiger charge is -2.17. The first-order valence-corrected chi connectivity index (χ1v) is 8.28. The maximum absolute atomic E-state index is 12.3. The number of rotatable bonds is 5. The van der Waals surface area contributed by atoms with Gasteiger partial charge in [0.2, 0.25) is 5.91 Å². The molecule has 0 aliphatic rings. The van der Waals surface area contributed by atoms with Gasteiger partial charge in [-0.3, -0.25) is 9.59 Å². The fourth-order valence-corrected chi connectivity index (χ4v) is 2.16. The van der Waals surface area contributed by atoms with Crippen molar-refractivity contribution in [2.75, 3.05) is 10.6 Å². The fraction of sp³-hybridized carbons (Fsp3) is 0.200. The number of anilines is 2. The summed E-state index contributed by atoms with van der Waals surface area (Å²) in [5, 5.41) is 27.2. The number of carboxylic acids is 2. The van der Waals surface area contributed by atoms with Crippen molar-refractivity contribution >= 4 is 35.1 Å². The van der Waals surface area contributed by atoms with Gasteiger partial charge in [-0.2, -0.15) is 0 Å². The minimum absolute atomic E-state index is 0.0315. The van der Waals surface area contributed by atoms with Crippen LogP contribution in [0.2, 0.25) is 0 Å². The lowest BCUT2D eigenvalue weighted by molar-refractivity contribution is -0.255. The molecule has 0 aliphatic heterocycles. The van der Waals surface area contributed by atoms with Gasteiger partial charge in [0.25, 0.3) is 5.91 Å². The molecule has 28 heavy (non-hydrogen) atoms. The van der Waals surface area contributed by atoms with Crippen molar-refractivity contribution in [3.8, 4) is 0 Å². The van der Waals surface area contributed by atoms with E-state index in [0.29, 0.717) is 5.69 Å². The van der Waals surface area contributed by atoms with Crippen molar-refractivity contribution < 1.29 is 29.4 Å². The minimum atomic E-state index is -1.59. The summed E-state index contributed by atoms with van der Waals surface area (Å²) in [7, 11) is 0. The molecule has 2 N–H and O–H groups in total. The second-order valence-electron chi connectivity index (χ2n) is 7.11. The maximum Gasteiger partial charge on any atom is 0.255 e. The third-order valence-electron chi connectivity index (χ3n) is 3.75. The van der Waals surface area contributed by atoms with Crippen LogP contribution in [0.15, 0.2) is 42.5 Å². The van der Waals surface area contributed by atoms with Crippen LogP contribution >= 0.6 is 0 Å². The van der Waals surface area contributed by atoms with E-state index >= 15 is 0 Å². The van der Waals surface area contributed by atoms with E-state index in [1.54, 1.807) is 32.9 Å². The molecule has 8 heteroatoms. The van der Waals surface area contributed by atoms with E-state index in [1.165, 1.54) is 12.1 Å². The molecular formula is C20H18N2O6-2. The number of carbonyl (C=O) groups is 4. The standard InChI is InChI=1S/C20H20N2O6/c1-20(2,3)19(28)22-14-6-4-11(5-7-14)16(23)21-15-9-12(17(24)25)8-13(10-15)18(26)27/h4-10H,1-3H3,(H,21,23)(H,22,28)(H,24,25)(H,26,27)/p-2. The molecule has 0 heterocycles. The topological polar surface area (TPSA) is 138 Å². The third kappa shape index (κ3) is 5.16. The van der Waals surface area contributed by atoms with E-state index in [-0.39, 0.29) is 17.2 Å². The van der Waals surface area contributed by atoms with E-state index < -0.39 is 34.4 Å². The molecule has 2 rings (SSSR count). The van der Waals surface area contributed by atoms with Crippen LogP contribution < -0.4 is 20.8 Å². The Morgan fingerprint density at radius 2 is 1.21 bits per heavy atom. The first-order valence-electron chi connectivity index (χ1n) is 8.28. The van der Waals surface area contributed by atoms with Crippen LogP contribution in [-0.2, 0) is 4.79 Å². The molecule has 0 spiro atoms. The molecule has 0 fully saturated rings. The molecule has 0 bridgehead atoms. The number of nitrogens with one attached hydrogen (secondary N) is 2. The van der Waals surface area contributed by atoms with Crippen molar-refractivity contribution in [2.45, 2.75) is 20.8 Å². The van der Waals surface area contributed by atoms with Gasteiger partial charge in [-0.15, -0.1) is 0 Å². The van der Waals surface area contributed by atoms with Crippen molar-refractivity contribution in [3.63, 3.8) is 0 Å². The second-order valence-corrected chi connectivity index (χ2v) is 7.11. The number of carbonyl (C=O) groups excluding carboxylic acids is 4. The van der Waals surface area contributed by atoms with E-state index in [4.69, 9.17) is 0 Å². The Morgan fingerprint density at radius 1 is 0.714 bits per heavy atom. The highest BCUT2D eigenvalue weighted by Gasteiger charge is 2.21. The van der Waals surface area contributed by atoms with Crippen LogP contribution in [-0.4, -0.2) is 23.8 Å². The smallest absolute Gasteiger partial charge is 0.255 e. The Bertz CT molecular complexity index is 910. The molecule has 0 atom stereocenters. The van der Waals surface area contributed by atoms with Crippen LogP contribution in [0.3, 0.4) is 0 Å². The number of amides is 2. The highest BCUT2D eigenvalue weighted by atomic mass is 16.4. The first kappa shape index (κ1) is 20.6. The minimum Gasteiger partial charge on any atom is -0.545 e. The number of carboxylic acid groups (broad SMARTS) is 2. The lowest BCUT2D eigenvalue weighted by Crippen LogP contribution is -2.27. The molecule has 0 unspecified atom stereocenters. The van der Waals surface area contributed by atoms with Gasteiger partial charge in [-0.1, -0.05) is 20.8 Å². The van der Waals surface area contributed by atoms with Gasteiger partial charge in [-0.05, 0) is 53.6 Å². The monoisotopic (exact) mass is 382 g/mol. The zero-order chi connectivity index (χ0) is 21.1. The predicted octanol–water partition coefficient (Wildman–Crippen LogP) is 0.650. The summed E-state index contributed by atoms with van der Waals surface area (Å²) in [6.45, 7) is 5.31. The summed E-state index contributed by atoms with van der Waals surface area (Å²) in [5.41, 5.74) is -0.681. The maximum atomic E-state index is 12.3. The number of aromatic carboxylic acids is 2. The Hall–Kier alpha value is -3.68. The molecule has 2 amide bonds. The quantitative estimate of drug-likeness (QED) is 0.778. The van der Waals surface area contributed by atoms with E-state index in [9.17, 15) is 29.4 Å². The van der Waals surface area contributed by atoms with Gasteiger partial charge in [0.05, 0.1) is 11.9 Å². The summed E-state index contributed by atoms with van der Waals surface area (Å²) in [6.07, 6.45) is 0. The predicted molar refractivity (Wildman–Crippen MR) is 97.6 cm³/mol. The molecule has 2 aromatic rings. The summed E-state index contributed by atoms with van der Waals surface area (Å²) in [4.78, 5) is 46.3. The number of hydrogen-bond acceptors (Lipinski definition) is 6. The number of hydrogen-bond donors (Lipinski definition) is 2.